The molecule has 1 aliphatic rings. The minimum atomic E-state index is -1.66. The average Bonchev–Trinajstić information content (AvgIpc) is 3.39. The first kappa shape index (κ1) is 70.1. The maximum Gasteiger partial charge on any atom is 0.249 e. The number of carbonyl (C=O) groups excluding carboxylic acids is 1. The number of nitrogens with one attached hydrogen (secondary N) is 1. The van der Waals surface area contributed by atoms with Crippen molar-refractivity contribution < 1.29 is 50.0 Å². The molecule has 1 fully saturated rings. The summed E-state index contributed by atoms with van der Waals surface area (Å²) >= 11 is 0. The van der Waals surface area contributed by atoms with Gasteiger partial charge in [0.25, 0.3) is 0 Å². The van der Waals surface area contributed by atoms with Crippen LogP contribution in [0.5, 0.6) is 0 Å². The number of amides is 1. The summed E-state index contributed by atoms with van der Waals surface area (Å²) in [5, 5.41) is 76.3. The molecular weight excluding hydrogens is 919 g/mol. The Morgan fingerprint density at radius 2 is 0.712 bits per heavy atom. The van der Waals surface area contributed by atoms with E-state index < -0.39 is 74.2 Å². The van der Waals surface area contributed by atoms with E-state index in [2.05, 4.69) is 19.2 Å². The highest BCUT2D eigenvalue weighted by Crippen LogP contribution is 2.24. The second kappa shape index (κ2) is 51.8. The molecule has 0 aromatic carbocycles. The lowest BCUT2D eigenvalue weighted by atomic mass is 9.98. The van der Waals surface area contributed by atoms with E-state index >= 15 is 0 Å². The largest absolute Gasteiger partial charge is 0.394 e. The lowest BCUT2D eigenvalue weighted by Gasteiger charge is -2.40. The quantitative estimate of drug-likeness (QED) is 0.0272. The van der Waals surface area contributed by atoms with Crippen LogP contribution in [0, 0.1) is 0 Å². The van der Waals surface area contributed by atoms with Crippen LogP contribution in [-0.2, 0) is 14.3 Å². The smallest absolute Gasteiger partial charge is 0.249 e. The summed E-state index contributed by atoms with van der Waals surface area (Å²) in [6.07, 6.45) is 48.9. The van der Waals surface area contributed by atoms with Crippen LogP contribution < -0.4 is 5.32 Å². The molecule has 1 amide bonds. The van der Waals surface area contributed by atoms with Gasteiger partial charge in [-0.1, -0.05) is 309 Å². The van der Waals surface area contributed by atoms with E-state index in [1.54, 1.807) is 0 Å². The minimum absolute atomic E-state index is 0.267. The first-order valence-corrected chi connectivity index (χ1v) is 31.9. The van der Waals surface area contributed by atoms with E-state index in [0.717, 1.165) is 38.5 Å². The van der Waals surface area contributed by atoms with Crippen LogP contribution in [0.3, 0.4) is 0 Å². The highest BCUT2D eigenvalue weighted by Gasteiger charge is 2.44. The predicted octanol–water partition coefficient (Wildman–Crippen LogP) is 14.1. The van der Waals surface area contributed by atoms with E-state index in [4.69, 9.17) is 9.47 Å². The fraction of sp³-hybridized carbons (Fsp3) is 0.984. The normalized spacial score (nSPS) is 19.8. The second-order valence-corrected chi connectivity index (χ2v) is 22.9. The van der Waals surface area contributed by atoms with Gasteiger partial charge in [0.15, 0.2) is 6.29 Å². The van der Waals surface area contributed by atoms with Gasteiger partial charge in [0.05, 0.1) is 25.4 Å². The van der Waals surface area contributed by atoms with Gasteiger partial charge in [-0.3, -0.25) is 4.79 Å². The van der Waals surface area contributed by atoms with Crippen LogP contribution in [0.1, 0.15) is 322 Å². The van der Waals surface area contributed by atoms with Crippen LogP contribution in [0.25, 0.3) is 0 Å². The van der Waals surface area contributed by atoms with E-state index in [-0.39, 0.29) is 6.42 Å². The number of aliphatic hydroxyl groups is 7. The number of rotatable bonds is 56. The molecule has 73 heavy (non-hydrogen) atoms. The van der Waals surface area contributed by atoms with E-state index in [0.29, 0.717) is 19.3 Å². The Balaban J connectivity index is 2.19. The maximum atomic E-state index is 13.2. The molecule has 1 rings (SSSR count). The highest BCUT2D eigenvalue weighted by atomic mass is 16.7. The van der Waals surface area contributed by atoms with Gasteiger partial charge in [0.1, 0.15) is 36.6 Å². The Kier molecular flexibility index (Phi) is 49.8. The molecule has 11 nitrogen and oxygen atoms in total. The third-order valence-corrected chi connectivity index (χ3v) is 15.9. The predicted molar refractivity (Wildman–Crippen MR) is 303 cm³/mol. The fourth-order valence-corrected chi connectivity index (χ4v) is 10.7. The SMILES string of the molecule is CCCCCCCCCCCCCCCCCCCCCCCCCCCCCCCCC(O)C(=O)NC(COC1OC(CO)C(O)C(O)C1O)C(O)C(O)CCCCCCCCCCCCCCCCCC. The van der Waals surface area contributed by atoms with Gasteiger partial charge in [-0.05, 0) is 12.8 Å². The van der Waals surface area contributed by atoms with Crippen LogP contribution in [0.2, 0.25) is 0 Å². The second-order valence-electron chi connectivity index (χ2n) is 22.9. The molecule has 0 spiro atoms. The number of hydrogen-bond donors (Lipinski definition) is 8. The van der Waals surface area contributed by atoms with Crippen molar-refractivity contribution in [2.24, 2.45) is 0 Å². The number of aliphatic hydroxyl groups excluding tert-OH is 7. The van der Waals surface area contributed by atoms with Gasteiger partial charge >= 0.3 is 0 Å². The van der Waals surface area contributed by atoms with Crippen LogP contribution in [0.15, 0.2) is 0 Å². The molecule has 0 aromatic heterocycles. The van der Waals surface area contributed by atoms with Gasteiger partial charge in [0.2, 0.25) is 5.91 Å². The summed E-state index contributed by atoms with van der Waals surface area (Å²) in [5.41, 5.74) is 0. The van der Waals surface area contributed by atoms with Crippen molar-refractivity contribution in [2.45, 2.75) is 377 Å². The minimum Gasteiger partial charge on any atom is -0.394 e. The molecule has 436 valence electrons. The van der Waals surface area contributed by atoms with Crippen molar-refractivity contribution in [1.29, 1.82) is 0 Å². The molecule has 8 N–H and O–H groups in total. The van der Waals surface area contributed by atoms with E-state index in [9.17, 15) is 40.5 Å². The summed E-state index contributed by atoms with van der Waals surface area (Å²) in [4.78, 5) is 13.2. The lowest BCUT2D eigenvalue weighted by Crippen LogP contribution is -2.60. The van der Waals surface area contributed by atoms with Crippen molar-refractivity contribution >= 4 is 5.91 Å². The molecule has 1 aliphatic heterocycles. The molecule has 0 aliphatic carbocycles. The van der Waals surface area contributed by atoms with Gasteiger partial charge in [0, 0.05) is 0 Å². The number of unbranched alkanes of at least 4 members (excludes halogenated alkanes) is 44. The summed E-state index contributed by atoms with van der Waals surface area (Å²) < 4.78 is 11.2. The van der Waals surface area contributed by atoms with E-state index in [1.807, 2.05) is 0 Å². The number of hydrogen-bond acceptors (Lipinski definition) is 10. The number of ether oxygens (including phenoxy) is 2. The van der Waals surface area contributed by atoms with Gasteiger partial charge in [-0.15, -0.1) is 0 Å². The monoisotopic (exact) mass is 1040 g/mol. The zero-order valence-corrected chi connectivity index (χ0v) is 47.9. The molecule has 0 aromatic rings. The van der Waals surface area contributed by atoms with Gasteiger partial charge in [-0.25, -0.2) is 0 Å². The summed E-state index contributed by atoms with van der Waals surface area (Å²) in [6, 6.07) is -1.16. The maximum absolute atomic E-state index is 13.2. The third kappa shape index (κ3) is 40.0. The Morgan fingerprint density at radius 3 is 1.01 bits per heavy atom. The zero-order chi connectivity index (χ0) is 53.3. The summed E-state index contributed by atoms with van der Waals surface area (Å²) in [6.45, 7) is 3.50. The Morgan fingerprint density at radius 1 is 0.425 bits per heavy atom. The summed E-state index contributed by atoms with van der Waals surface area (Å²) in [7, 11) is 0. The lowest BCUT2D eigenvalue weighted by molar-refractivity contribution is -0.303. The third-order valence-electron chi connectivity index (χ3n) is 15.9. The van der Waals surface area contributed by atoms with Crippen molar-refractivity contribution in [3.63, 3.8) is 0 Å². The fourth-order valence-electron chi connectivity index (χ4n) is 10.7. The average molecular weight is 1040 g/mol. The molecule has 0 saturated carbocycles. The highest BCUT2D eigenvalue weighted by molar-refractivity contribution is 5.80. The van der Waals surface area contributed by atoms with Crippen LogP contribution >= 0.6 is 0 Å². The van der Waals surface area contributed by atoms with Gasteiger partial charge < -0.3 is 50.5 Å². The Bertz CT molecular complexity index is 1150. The first-order chi connectivity index (χ1) is 35.7. The summed E-state index contributed by atoms with van der Waals surface area (Å²) in [5.74, 6) is -0.688. The molecule has 9 unspecified atom stereocenters. The topological polar surface area (TPSA) is 189 Å². The van der Waals surface area contributed by atoms with Crippen molar-refractivity contribution in [3.8, 4) is 0 Å². The van der Waals surface area contributed by atoms with Gasteiger partial charge in [-0.2, -0.15) is 0 Å². The Hall–Kier alpha value is -0.890. The Labute approximate surface area is 449 Å². The molecule has 0 bridgehead atoms. The standard InChI is InChI=1S/C62H123NO10/c1-3-5-7-9-11-13-15-17-19-21-22-23-24-25-26-27-28-29-30-31-32-33-34-36-38-40-42-44-46-48-50-55(66)61(71)63-53(52-72-62-60(70)59(69)58(68)56(51-64)73-62)57(67)54(65)49-47-45-43-41-39-37-35-20-18-16-14-12-10-8-6-4-2/h53-60,62,64-70H,3-52H2,1-2H3,(H,63,71). The van der Waals surface area contributed by atoms with Crippen molar-refractivity contribution in [3.05, 3.63) is 0 Å². The molecule has 0 radical (unpaired) electrons. The van der Waals surface area contributed by atoms with E-state index in [1.165, 1.54) is 244 Å². The molecule has 1 saturated heterocycles. The molecule has 9 atom stereocenters. The molecule has 1 heterocycles. The number of carbonyl (C=O) groups is 1. The van der Waals surface area contributed by atoms with Crippen LogP contribution in [-0.4, -0.2) is 110 Å². The van der Waals surface area contributed by atoms with Crippen molar-refractivity contribution in [1.82, 2.24) is 5.32 Å². The van der Waals surface area contributed by atoms with Crippen molar-refractivity contribution in [2.75, 3.05) is 13.2 Å². The first-order valence-electron chi connectivity index (χ1n) is 31.9. The van der Waals surface area contributed by atoms with Crippen LogP contribution in [0.4, 0.5) is 0 Å². The zero-order valence-electron chi connectivity index (χ0n) is 47.9. The molecular formula is C62H123NO10. The molecule has 11 heteroatoms.